The van der Waals surface area contributed by atoms with E-state index in [4.69, 9.17) is 11.5 Å². The molecule has 0 heterocycles. The molecule has 0 aromatic rings. The Kier molecular flexibility index (Phi) is 4.80. The van der Waals surface area contributed by atoms with Crippen molar-refractivity contribution in [2.75, 3.05) is 0 Å². The Balaban J connectivity index is 4.35. The number of alkyl halides is 3. The van der Waals surface area contributed by atoms with E-state index < -0.39 is 5.91 Å². The van der Waals surface area contributed by atoms with Gasteiger partial charge in [-0.1, -0.05) is 0 Å². The average molecular weight is 478 g/mol. The first-order valence-corrected chi connectivity index (χ1v) is 5.41. The van der Waals surface area contributed by atoms with Crippen molar-refractivity contribution >= 4 is 73.7 Å². The SMILES string of the molecule is NC(=O)/C=C(\N)C(I)(I)I. The number of halogens is 3. The molecule has 0 saturated carbocycles. The van der Waals surface area contributed by atoms with Crippen LogP contribution < -0.4 is 11.5 Å². The minimum absolute atomic E-state index is 0.262. The lowest BCUT2D eigenvalue weighted by Crippen LogP contribution is -2.18. The van der Waals surface area contributed by atoms with Crippen molar-refractivity contribution in [2.45, 2.75) is -0.565 Å². The smallest absolute Gasteiger partial charge is 0.243 e. The first kappa shape index (κ1) is 11.2. The number of amides is 1. The molecule has 0 atom stereocenters. The first-order chi connectivity index (χ1) is 4.34. The van der Waals surface area contributed by atoms with Gasteiger partial charge in [0.15, 0.2) is -0.565 Å². The van der Waals surface area contributed by atoms with Crippen molar-refractivity contribution in [2.24, 2.45) is 11.5 Å². The average Bonchev–Trinajstić information content (AvgIpc) is 1.60. The normalized spacial score (nSPS) is 13.3. The number of hydrogen-bond donors (Lipinski definition) is 2. The van der Waals surface area contributed by atoms with Crippen molar-refractivity contribution in [1.29, 1.82) is 0 Å². The van der Waals surface area contributed by atoms with E-state index in [9.17, 15) is 4.79 Å². The Morgan fingerprint density at radius 2 is 1.70 bits per heavy atom. The van der Waals surface area contributed by atoms with Gasteiger partial charge in [0.2, 0.25) is 5.91 Å². The van der Waals surface area contributed by atoms with Gasteiger partial charge in [-0.3, -0.25) is 4.79 Å². The number of allylic oxidation sites excluding steroid dienone is 1. The summed E-state index contributed by atoms with van der Waals surface area (Å²) in [5, 5.41) is 0. The summed E-state index contributed by atoms with van der Waals surface area (Å²) in [5.41, 5.74) is 10.8. The zero-order valence-electron chi connectivity index (χ0n) is 4.77. The van der Waals surface area contributed by atoms with E-state index in [-0.39, 0.29) is -0.565 Å². The van der Waals surface area contributed by atoms with Crippen LogP contribution in [0.25, 0.3) is 0 Å². The molecule has 0 aliphatic heterocycles. The van der Waals surface area contributed by atoms with Crippen LogP contribution in [0.4, 0.5) is 0 Å². The maximum Gasteiger partial charge on any atom is 0.243 e. The van der Waals surface area contributed by atoms with E-state index >= 15 is 0 Å². The highest BCUT2D eigenvalue weighted by molar-refractivity contribution is 14.3. The highest BCUT2D eigenvalue weighted by Gasteiger charge is 2.20. The number of carbonyl (C=O) groups excluding carboxylic acids is 1. The van der Waals surface area contributed by atoms with Crippen LogP contribution in [-0.4, -0.2) is 5.34 Å². The van der Waals surface area contributed by atoms with Gasteiger partial charge in [-0.25, -0.2) is 0 Å². The highest BCUT2D eigenvalue weighted by Crippen LogP contribution is 2.39. The molecule has 0 unspecified atom stereocenters. The topological polar surface area (TPSA) is 69.1 Å². The van der Waals surface area contributed by atoms with E-state index in [1.807, 2.05) is 0 Å². The summed E-state index contributed by atoms with van der Waals surface area (Å²) >= 11 is 6.32. The Morgan fingerprint density at radius 3 is 1.80 bits per heavy atom. The summed E-state index contributed by atoms with van der Waals surface area (Å²) < 4.78 is -0.262. The zero-order chi connectivity index (χ0) is 8.36. The number of primary amides is 1. The molecule has 0 aliphatic carbocycles. The molecule has 3 nitrogen and oxygen atoms in total. The monoisotopic (exact) mass is 478 g/mol. The highest BCUT2D eigenvalue weighted by atomic mass is 127. The summed E-state index contributed by atoms with van der Waals surface area (Å²) in [6.45, 7) is 0. The van der Waals surface area contributed by atoms with Crippen LogP contribution in [0.1, 0.15) is 0 Å². The predicted molar refractivity (Wildman–Crippen MR) is 66.3 cm³/mol. The summed E-state index contributed by atoms with van der Waals surface area (Å²) in [6.07, 6.45) is 1.23. The Labute approximate surface area is 99.8 Å². The standard InChI is InChI=1S/C4H5I3N2O/c5-4(6,7)2(8)1-3(9)10/h1H,8H2,(H2,9,10)/b2-1-. The second kappa shape index (κ2) is 4.28. The van der Waals surface area contributed by atoms with Crippen LogP contribution in [0.5, 0.6) is 0 Å². The van der Waals surface area contributed by atoms with Gasteiger partial charge in [0.05, 0.1) is 0 Å². The number of carbonyl (C=O) groups is 1. The molecule has 0 rings (SSSR count). The first-order valence-electron chi connectivity index (χ1n) is 2.18. The zero-order valence-corrected chi connectivity index (χ0v) is 11.2. The van der Waals surface area contributed by atoms with Gasteiger partial charge in [-0.2, -0.15) is 0 Å². The largest absolute Gasteiger partial charge is 0.399 e. The number of nitrogens with two attached hydrogens (primary N) is 2. The van der Waals surface area contributed by atoms with Gasteiger partial charge in [0.25, 0.3) is 0 Å². The fourth-order valence-corrected chi connectivity index (χ4v) is 0.702. The Morgan fingerprint density at radius 1 is 1.30 bits per heavy atom. The Bertz CT molecular complexity index is 172. The van der Waals surface area contributed by atoms with Crippen LogP contribution in [0.2, 0.25) is 0 Å². The second-order valence-electron chi connectivity index (χ2n) is 1.50. The molecule has 0 aromatic heterocycles. The molecular formula is C4H5I3N2O. The predicted octanol–water partition coefficient (Wildman–Crippen LogP) is 1.27. The molecule has 0 spiro atoms. The molecule has 0 aromatic carbocycles. The van der Waals surface area contributed by atoms with E-state index in [0.717, 1.165) is 0 Å². The molecule has 6 heteroatoms. The van der Waals surface area contributed by atoms with Gasteiger partial charge in [0.1, 0.15) is 0 Å². The molecule has 4 N–H and O–H groups in total. The van der Waals surface area contributed by atoms with Gasteiger partial charge in [-0.15, -0.1) is 0 Å². The molecule has 0 radical (unpaired) electrons. The van der Waals surface area contributed by atoms with E-state index in [1.165, 1.54) is 6.08 Å². The van der Waals surface area contributed by atoms with Crippen LogP contribution in [0.15, 0.2) is 11.8 Å². The van der Waals surface area contributed by atoms with Crippen molar-refractivity contribution in [3.05, 3.63) is 11.8 Å². The molecular weight excluding hydrogens is 473 g/mol. The van der Waals surface area contributed by atoms with Crippen LogP contribution in [-0.2, 0) is 4.79 Å². The van der Waals surface area contributed by atoms with Crippen LogP contribution in [0, 0.1) is 0 Å². The molecule has 0 aliphatic rings. The molecule has 1 amide bonds. The van der Waals surface area contributed by atoms with Gasteiger partial charge in [0, 0.05) is 11.8 Å². The van der Waals surface area contributed by atoms with E-state index in [1.54, 1.807) is 0 Å². The maximum atomic E-state index is 10.3. The lowest BCUT2D eigenvalue weighted by Gasteiger charge is -2.11. The minimum Gasteiger partial charge on any atom is -0.399 e. The van der Waals surface area contributed by atoms with Gasteiger partial charge >= 0.3 is 0 Å². The summed E-state index contributed by atoms with van der Waals surface area (Å²) in [7, 11) is 0. The lowest BCUT2D eigenvalue weighted by molar-refractivity contribution is -0.113. The fourth-order valence-electron chi connectivity index (χ4n) is 0.235. The molecule has 0 fully saturated rings. The minimum atomic E-state index is -0.508. The maximum absolute atomic E-state index is 10.3. The summed E-state index contributed by atoms with van der Waals surface area (Å²) in [4.78, 5) is 10.3. The molecule has 0 saturated heterocycles. The third kappa shape index (κ3) is 4.93. The molecule has 10 heavy (non-hydrogen) atoms. The van der Waals surface area contributed by atoms with Crippen molar-refractivity contribution in [3.8, 4) is 0 Å². The fraction of sp³-hybridized carbons (Fsp3) is 0.250. The van der Waals surface area contributed by atoms with Crippen LogP contribution >= 0.6 is 67.8 Å². The van der Waals surface area contributed by atoms with Crippen molar-refractivity contribution in [1.82, 2.24) is 0 Å². The third-order valence-electron chi connectivity index (χ3n) is 0.625. The third-order valence-corrected chi connectivity index (χ3v) is 2.49. The number of hydrogen-bond acceptors (Lipinski definition) is 2. The summed E-state index contributed by atoms with van der Waals surface area (Å²) in [6, 6.07) is 0. The van der Waals surface area contributed by atoms with E-state index in [2.05, 4.69) is 67.8 Å². The van der Waals surface area contributed by atoms with Gasteiger partial charge < -0.3 is 11.5 Å². The lowest BCUT2D eigenvalue weighted by atomic mass is 10.4. The number of rotatable bonds is 2. The molecule has 58 valence electrons. The molecule has 0 bridgehead atoms. The summed E-state index contributed by atoms with van der Waals surface area (Å²) in [5.74, 6) is -0.508. The Hall–Kier alpha value is 1.20. The second-order valence-corrected chi connectivity index (χ2v) is 12.5. The van der Waals surface area contributed by atoms with E-state index in [0.29, 0.717) is 5.70 Å². The van der Waals surface area contributed by atoms with Gasteiger partial charge in [-0.05, 0) is 67.8 Å². The quantitative estimate of drug-likeness (QED) is 0.357. The van der Waals surface area contributed by atoms with Crippen molar-refractivity contribution in [3.63, 3.8) is 0 Å². The van der Waals surface area contributed by atoms with Crippen LogP contribution in [0.3, 0.4) is 0 Å². The van der Waals surface area contributed by atoms with Crippen molar-refractivity contribution < 1.29 is 4.79 Å².